The topological polar surface area (TPSA) is 78.8 Å². The van der Waals surface area contributed by atoms with Crippen LogP contribution in [0, 0.1) is 17.5 Å². The lowest BCUT2D eigenvalue weighted by Crippen LogP contribution is -2.19. The van der Waals surface area contributed by atoms with Crippen molar-refractivity contribution in [3.8, 4) is 0 Å². The van der Waals surface area contributed by atoms with Gasteiger partial charge in [0, 0.05) is 11.6 Å². The van der Waals surface area contributed by atoms with Crippen LogP contribution in [0.4, 0.5) is 13.2 Å². The van der Waals surface area contributed by atoms with E-state index in [1.54, 1.807) is 0 Å². The number of hydrogen-bond donors (Lipinski definition) is 2. The Kier molecular flexibility index (Phi) is 4.75. The van der Waals surface area contributed by atoms with Crippen LogP contribution in [0.15, 0.2) is 41.5 Å². The monoisotopic (exact) mass is 322 g/mol. The minimum absolute atomic E-state index is 0.0742. The third kappa shape index (κ3) is 3.94. The van der Waals surface area contributed by atoms with Gasteiger partial charge in [0.15, 0.2) is 0 Å². The van der Waals surface area contributed by atoms with Crippen LogP contribution in [0.3, 0.4) is 0 Å². The van der Waals surface area contributed by atoms with Crippen LogP contribution in [0.1, 0.15) is 26.3 Å². The lowest BCUT2D eigenvalue weighted by Gasteiger charge is -2.02. The first-order chi connectivity index (χ1) is 10.9. The standard InChI is InChI=1S/C15H9F3N2O3/c16-10-3-4-11(13(18)6-10)14(21)20-19-7-9-2-1-8(15(22)23)5-12(9)17/h1-7H,(H,20,21)(H,22,23)/b19-7+. The number of carbonyl (C=O) groups excluding carboxylic acids is 1. The third-order valence-electron chi connectivity index (χ3n) is 2.79. The maximum Gasteiger partial charge on any atom is 0.335 e. The van der Waals surface area contributed by atoms with E-state index < -0.39 is 34.9 Å². The molecule has 1 amide bonds. The average molecular weight is 322 g/mol. The van der Waals surface area contributed by atoms with Gasteiger partial charge in [-0.3, -0.25) is 4.79 Å². The molecule has 0 unspecified atom stereocenters. The second-order valence-electron chi connectivity index (χ2n) is 4.36. The van der Waals surface area contributed by atoms with Gasteiger partial charge in [0.05, 0.1) is 17.3 Å². The number of carboxylic acid groups (broad SMARTS) is 1. The number of nitrogens with zero attached hydrogens (tertiary/aromatic N) is 1. The predicted molar refractivity (Wildman–Crippen MR) is 74.8 cm³/mol. The fourth-order valence-corrected chi connectivity index (χ4v) is 1.66. The number of amides is 1. The Morgan fingerprint density at radius 1 is 1.04 bits per heavy atom. The molecular formula is C15H9F3N2O3. The van der Waals surface area contributed by atoms with E-state index in [-0.39, 0.29) is 11.1 Å². The van der Waals surface area contributed by atoms with Crippen LogP contribution in [0.25, 0.3) is 0 Å². The SMILES string of the molecule is O=C(O)c1ccc(/C=N/NC(=O)c2ccc(F)cc2F)c(F)c1. The zero-order valence-corrected chi connectivity index (χ0v) is 11.4. The highest BCUT2D eigenvalue weighted by atomic mass is 19.1. The Morgan fingerprint density at radius 2 is 1.78 bits per heavy atom. The number of hydrogen-bond acceptors (Lipinski definition) is 3. The van der Waals surface area contributed by atoms with Crippen LogP contribution in [0.5, 0.6) is 0 Å². The summed E-state index contributed by atoms with van der Waals surface area (Å²) in [7, 11) is 0. The molecule has 0 radical (unpaired) electrons. The first-order valence-corrected chi connectivity index (χ1v) is 6.20. The molecule has 23 heavy (non-hydrogen) atoms. The number of nitrogens with one attached hydrogen (secondary N) is 1. The molecule has 0 bridgehead atoms. The molecule has 0 aliphatic heterocycles. The molecule has 0 saturated heterocycles. The van der Waals surface area contributed by atoms with Gasteiger partial charge >= 0.3 is 5.97 Å². The minimum atomic E-state index is -1.28. The fourth-order valence-electron chi connectivity index (χ4n) is 1.66. The van der Waals surface area contributed by atoms with Gasteiger partial charge in [-0.25, -0.2) is 23.4 Å². The molecule has 118 valence electrons. The Bertz CT molecular complexity index is 807. The Morgan fingerprint density at radius 3 is 2.39 bits per heavy atom. The van der Waals surface area contributed by atoms with Crippen molar-refractivity contribution in [1.82, 2.24) is 5.43 Å². The molecule has 0 spiro atoms. The van der Waals surface area contributed by atoms with Crippen LogP contribution >= 0.6 is 0 Å². The minimum Gasteiger partial charge on any atom is -0.478 e. The van der Waals surface area contributed by atoms with Gasteiger partial charge in [0.2, 0.25) is 0 Å². The lowest BCUT2D eigenvalue weighted by atomic mass is 10.1. The van der Waals surface area contributed by atoms with Gasteiger partial charge in [0.25, 0.3) is 5.91 Å². The molecule has 0 aliphatic carbocycles. The molecule has 0 aromatic heterocycles. The molecule has 0 atom stereocenters. The zero-order valence-electron chi connectivity index (χ0n) is 11.4. The second kappa shape index (κ2) is 6.73. The molecule has 2 N–H and O–H groups in total. The second-order valence-corrected chi connectivity index (χ2v) is 4.36. The van der Waals surface area contributed by atoms with E-state index in [9.17, 15) is 22.8 Å². The number of halogens is 3. The van der Waals surface area contributed by atoms with Gasteiger partial charge in [0.1, 0.15) is 17.5 Å². The third-order valence-corrected chi connectivity index (χ3v) is 2.79. The Hall–Kier alpha value is -3.16. The van der Waals surface area contributed by atoms with Crippen molar-refractivity contribution in [3.63, 3.8) is 0 Å². The molecule has 5 nitrogen and oxygen atoms in total. The maximum absolute atomic E-state index is 13.6. The molecule has 0 heterocycles. The highest BCUT2D eigenvalue weighted by molar-refractivity contribution is 5.95. The highest BCUT2D eigenvalue weighted by Gasteiger charge is 2.12. The van der Waals surface area contributed by atoms with E-state index in [1.807, 2.05) is 5.43 Å². The van der Waals surface area contributed by atoms with Gasteiger partial charge in [-0.05, 0) is 30.3 Å². The van der Waals surface area contributed by atoms with Crippen LogP contribution < -0.4 is 5.43 Å². The largest absolute Gasteiger partial charge is 0.478 e. The molecular weight excluding hydrogens is 313 g/mol. The smallest absolute Gasteiger partial charge is 0.335 e. The first-order valence-electron chi connectivity index (χ1n) is 6.20. The van der Waals surface area contributed by atoms with Crippen molar-refractivity contribution in [2.24, 2.45) is 5.10 Å². The average Bonchev–Trinajstić information content (AvgIpc) is 2.48. The molecule has 2 rings (SSSR count). The number of carbonyl (C=O) groups is 2. The van der Waals surface area contributed by atoms with Gasteiger partial charge in [-0.15, -0.1) is 0 Å². The summed E-state index contributed by atoms with van der Waals surface area (Å²) >= 11 is 0. The van der Waals surface area contributed by atoms with Crippen molar-refractivity contribution in [2.75, 3.05) is 0 Å². The number of aromatic carboxylic acids is 1. The van der Waals surface area contributed by atoms with E-state index in [2.05, 4.69) is 5.10 Å². The number of hydrazone groups is 1. The summed E-state index contributed by atoms with van der Waals surface area (Å²) in [6, 6.07) is 5.51. The van der Waals surface area contributed by atoms with E-state index >= 15 is 0 Å². The molecule has 2 aromatic carbocycles. The van der Waals surface area contributed by atoms with Crippen LogP contribution in [-0.2, 0) is 0 Å². The van der Waals surface area contributed by atoms with E-state index in [0.717, 1.165) is 36.5 Å². The number of rotatable bonds is 4. The first kappa shape index (κ1) is 16.2. The normalized spacial score (nSPS) is 10.7. The van der Waals surface area contributed by atoms with Crippen molar-refractivity contribution in [2.45, 2.75) is 0 Å². The van der Waals surface area contributed by atoms with Crippen molar-refractivity contribution < 1.29 is 27.9 Å². The lowest BCUT2D eigenvalue weighted by molar-refractivity contribution is 0.0696. The summed E-state index contributed by atoms with van der Waals surface area (Å²) in [5, 5.41) is 12.1. The highest BCUT2D eigenvalue weighted by Crippen LogP contribution is 2.10. The maximum atomic E-state index is 13.6. The molecule has 0 fully saturated rings. The Balaban J connectivity index is 2.09. The summed E-state index contributed by atoms with van der Waals surface area (Å²) < 4.78 is 39.7. The van der Waals surface area contributed by atoms with Crippen LogP contribution in [-0.4, -0.2) is 23.2 Å². The predicted octanol–water partition coefficient (Wildman–Crippen LogP) is 2.57. The van der Waals surface area contributed by atoms with E-state index in [0.29, 0.717) is 6.07 Å². The number of benzene rings is 2. The van der Waals surface area contributed by atoms with E-state index in [1.165, 1.54) is 0 Å². The fraction of sp³-hybridized carbons (Fsp3) is 0. The van der Waals surface area contributed by atoms with Gasteiger partial charge < -0.3 is 5.11 Å². The molecule has 2 aromatic rings. The number of carboxylic acids is 1. The molecule has 8 heteroatoms. The van der Waals surface area contributed by atoms with Gasteiger partial charge in [-0.2, -0.15) is 5.10 Å². The Labute approximate surface area is 128 Å². The summed E-state index contributed by atoms with van der Waals surface area (Å²) in [6.45, 7) is 0. The molecule has 0 saturated carbocycles. The zero-order chi connectivity index (χ0) is 17.0. The summed E-state index contributed by atoms with van der Waals surface area (Å²) in [5.41, 5.74) is 1.22. The van der Waals surface area contributed by atoms with Crippen molar-refractivity contribution >= 4 is 18.1 Å². The van der Waals surface area contributed by atoms with Gasteiger partial charge in [-0.1, -0.05) is 0 Å². The van der Waals surface area contributed by atoms with Crippen molar-refractivity contribution in [1.29, 1.82) is 0 Å². The summed E-state index contributed by atoms with van der Waals surface area (Å²) in [6.07, 6.45) is 0.931. The van der Waals surface area contributed by atoms with E-state index in [4.69, 9.17) is 5.11 Å². The molecule has 0 aliphatic rings. The van der Waals surface area contributed by atoms with Crippen molar-refractivity contribution in [3.05, 3.63) is 70.5 Å². The summed E-state index contributed by atoms with van der Waals surface area (Å²) in [5.74, 6) is -4.97. The quantitative estimate of drug-likeness (QED) is 0.671. The van der Waals surface area contributed by atoms with Crippen LogP contribution in [0.2, 0.25) is 0 Å². The summed E-state index contributed by atoms with van der Waals surface area (Å²) in [4.78, 5) is 22.3.